The summed E-state index contributed by atoms with van der Waals surface area (Å²) in [7, 11) is 0. The number of nitrogens with zero attached hydrogens (tertiary/aromatic N) is 11. The van der Waals surface area contributed by atoms with E-state index in [1.54, 1.807) is 0 Å². The van der Waals surface area contributed by atoms with Crippen LogP contribution in [0.4, 0.5) is 0 Å². The molecule has 4 radical (unpaired) electrons. The fraction of sp³-hybridized carbons (Fsp3) is 0.839. The molecule has 11 saturated heterocycles. The molecular formula is C87H182Cu9N33. The molecule has 24 fully saturated rings. The summed E-state index contributed by atoms with van der Waals surface area (Å²) >= 11 is 0. The van der Waals surface area contributed by atoms with Crippen LogP contribution in [0.2, 0.25) is 0 Å². The van der Waals surface area contributed by atoms with E-state index in [1.165, 1.54) is 315 Å². The molecule has 0 amide bonds. The largest absolute Gasteiger partial charge is 2.00 e. The molecule has 42 heteroatoms. The van der Waals surface area contributed by atoms with Crippen molar-refractivity contribution < 1.29 is 154 Å². The molecule has 13 aliphatic carbocycles. The first-order valence-electron chi connectivity index (χ1n) is 44.5. The van der Waals surface area contributed by atoms with E-state index in [0.29, 0.717) is 133 Å². The van der Waals surface area contributed by atoms with Crippen molar-refractivity contribution in [3.63, 3.8) is 0 Å². The van der Waals surface area contributed by atoms with E-state index in [1.807, 2.05) is 0 Å². The van der Waals surface area contributed by atoms with Crippen LogP contribution in [-0.2, 0) is 154 Å². The Morgan fingerprint density at radius 3 is 0.419 bits per heavy atom. The Bertz CT molecular complexity index is 1720. The van der Waals surface area contributed by atoms with Gasteiger partial charge in [-0.15, -0.1) is 72.4 Å². The van der Waals surface area contributed by atoms with Crippen LogP contribution in [0, 0.1) is 114 Å². The number of rotatable bonds is 0. The van der Waals surface area contributed by atoms with Crippen molar-refractivity contribution >= 4 is 0 Å². The van der Waals surface area contributed by atoms with Gasteiger partial charge in [0, 0.05) is 135 Å². The summed E-state index contributed by atoms with van der Waals surface area (Å²) < 4.78 is 0. The molecule has 11 aliphatic heterocycles. The predicted octanol–water partition coefficient (Wildman–Crippen LogP) is 15.6. The summed E-state index contributed by atoms with van der Waals surface area (Å²) in [5, 5.41) is 0. The zero-order valence-electron chi connectivity index (χ0n) is 80.3. The normalized spacial score (nSPS) is 35.7. The van der Waals surface area contributed by atoms with Crippen molar-refractivity contribution in [2.24, 2.45) is 11.8 Å². The summed E-state index contributed by atoms with van der Waals surface area (Å²) in [4.78, 5) is 0. The molecule has 24 atom stereocenters. The minimum Gasteiger partial charge on any atom is -0.579 e. The van der Waals surface area contributed by atoms with Gasteiger partial charge in [0.25, 0.3) is 0 Å². The van der Waals surface area contributed by atoms with Crippen molar-refractivity contribution in [2.45, 2.75) is 448 Å². The fourth-order valence-electron chi connectivity index (χ4n) is 20.2. The van der Waals surface area contributed by atoms with E-state index in [-0.39, 0.29) is 243 Å². The Morgan fingerprint density at radius 2 is 0.295 bits per heavy atom. The summed E-state index contributed by atoms with van der Waals surface area (Å²) in [6, 6.07) is 13.3. The second-order valence-corrected chi connectivity index (χ2v) is 34.6. The van der Waals surface area contributed by atoms with E-state index >= 15 is 0 Å². The Hall–Kier alpha value is 2.45. The summed E-state index contributed by atoms with van der Waals surface area (Å²) in [6.45, 7) is 0. The van der Waals surface area contributed by atoms with Crippen LogP contribution in [0.25, 0.3) is 59.7 Å². The summed E-state index contributed by atoms with van der Waals surface area (Å²) in [6.07, 6.45) is 70.3. The van der Waals surface area contributed by atoms with Gasteiger partial charge in [0.2, 0.25) is 0 Å². The van der Waals surface area contributed by atoms with Gasteiger partial charge in [-0.05, 0) is 89.9 Å². The van der Waals surface area contributed by atoms with E-state index in [4.69, 9.17) is 0 Å². The average Bonchev–Trinajstić information content (AvgIpc) is 1.83. The predicted molar refractivity (Wildman–Crippen MR) is 508 cm³/mol. The zero-order chi connectivity index (χ0) is 73.3. The molecule has 0 bridgehead atoms. The SMILES string of the molecule is C1CCC2NN[N-]C2C1.C1CCC2NN[N-]C2C1.C1CCC2NN[N-]C2C1.C1CCC2NN[N-]C2C1.C1CCC2NN[N-]C2C1.C1CCC2NN[N-]C2C1.C1CCC2NN[N-]C2C1.C1CCC2NN[N-]C2C1.C1CCC2NN[N-]C2C1.C1CCC2NN[N-]C2C1.C1CCC2NN[N-]C2C1.[CH+]1C[CH-]C2CCCCC12.[CH3+].[CH3+].[CH3+].[CH3+].[CH3+].[CH3+].[CH3-].[CH3-].[CH3-].[CH3-].[CH3-].[CH3-].[Cu+2].[Cu+2].[Cu+2].[Cu+].[Cu+].[Cu+].[Cu+].[Cu+].[Cu]. The van der Waals surface area contributed by atoms with Crippen LogP contribution in [0.1, 0.15) is 315 Å². The number of hydrogen-bond acceptors (Lipinski definition) is 22. The van der Waals surface area contributed by atoms with Crippen LogP contribution in [-0.4, -0.2) is 133 Å². The fourth-order valence-corrected chi connectivity index (χ4v) is 20.2. The van der Waals surface area contributed by atoms with Crippen molar-refractivity contribution in [1.82, 2.24) is 121 Å². The van der Waals surface area contributed by atoms with E-state index in [9.17, 15) is 0 Å². The van der Waals surface area contributed by atoms with E-state index < -0.39 is 0 Å². The van der Waals surface area contributed by atoms with Crippen molar-refractivity contribution in [3.05, 3.63) is 162 Å². The Balaban J connectivity index is -0.000000171. The third-order valence-corrected chi connectivity index (χ3v) is 27.1. The van der Waals surface area contributed by atoms with Crippen molar-refractivity contribution in [1.29, 1.82) is 0 Å². The summed E-state index contributed by atoms with van der Waals surface area (Å²) in [5.74, 6) is 1.97. The van der Waals surface area contributed by atoms with Crippen molar-refractivity contribution in [3.8, 4) is 0 Å². The monoisotopic (exact) mass is 2260 g/mol. The van der Waals surface area contributed by atoms with E-state index in [0.717, 1.165) is 11.8 Å². The molecule has 24 unspecified atom stereocenters. The number of fused-ring (bicyclic) bond motifs is 12. The second kappa shape index (κ2) is 87.1. The molecule has 0 aromatic rings. The molecule has 0 aromatic heterocycles. The first-order chi connectivity index (χ1) is 53.6. The van der Waals surface area contributed by atoms with Crippen LogP contribution >= 0.6 is 0 Å². The van der Waals surface area contributed by atoms with Gasteiger partial charge in [0.1, 0.15) is 0 Å². The number of hydrogen-bond donors (Lipinski definition) is 22. The van der Waals surface area contributed by atoms with Gasteiger partial charge in [0.15, 0.2) is 0 Å². The van der Waals surface area contributed by atoms with Crippen LogP contribution in [0.15, 0.2) is 0 Å². The zero-order valence-corrected chi connectivity index (χ0v) is 88.8. The summed E-state index contributed by atoms with van der Waals surface area (Å²) in [5.41, 5.74) is 112. The maximum Gasteiger partial charge on any atom is 2.00 e. The molecule has 794 valence electrons. The quantitative estimate of drug-likeness (QED) is 0.0791. The van der Waals surface area contributed by atoms with Crippen LogP contribution < -0.4 is 121 Å². The minimum atomic E-state index is 0. The maximum atomic E-state index is 4.20. The molecule has 22 N–H and O–H groups in total. The molecule has 33 nitrogen and oxygen atoms in total. The van der Waals surface area contributed by atoms with Gasteiger partial charge in [-0.1, -0.05) is 225 Å². The molecule has 0 aromatic carbocycles. The molecule has 24 aliphatic rings. The standard InChI is InChI=1S/C9H14.11C6H12N3.12CH3.9Cu/c1-2-5-9-7-3-6-8(9)4-1;11*1-2-4-6-5(3-1)7-9-8-6;;;;;;;;;;;;;;;;;;;;;/h6-9H,1-5H2;11*5-7,9H,1-4H2;12*1H3;;;;;;;;;/q;17*-1;6*+1;;5*+1;3*+2. The molecule has 129 heavy (non-hydrogen) atoms. The third kappa shape index (κ3) is 50.5. The molecular weight excluding hydrogens is 2080 g/mol. The second-order valence-electron chi connectivity index (χ2n) is 34.6. The third-order valence-electron chi connectivity index (χ3n) is 27.1. The topological polar surface area (TPSA) is 420 Å². The Morgan fingerprint density at radius 1 is 0.178 bits per heavy atom. The van der Waals surface area contributed by atoms with Gasteiger partial charge in [-0.3, -0.25) is 66.1 Å². The number of hydrazine groups is 11. The first kappa shape index (κ1) is 149. The molecule has 11 heterocycles. The van der Waals surface area contributed by atoms with Crippen molar-refractivity contribution in [2.75, 3.05) is 0 Å². The molecule has 24 rings (SSSR count). The first-order valence-corrected chi connectivity index (χ1v) is 44.5. The van der Waals surface area contributed by atoms with Crippen LogP contribution in [0.3, 0.4) is 0 Å². The Labute approximate surface area is 887 Å². The minimum absolute atomic E-state index is 0. The van der Waals surface area contributed by atoms with Gasteiger partial charge in [0.05, 0.1) is 5.92 Å². The van der Waals surface area contributed by atoms with Gasteiger partial charge in [-0.2, -0.15) is 0 Å². The maximum absolute atomic E-state index is 4.20. The Kier molecular flexibility index (Phi) is 101. The number of nitrogens with one attached hydrogen (secondary N) is 22. The average molecular weight is 2260 g/mol. The van der Waals surface area contributed by atoms with E-state index in [2.05, 4.69) is 193 Å². The van der Waals surface area contributed by atoms with Gasteiger partial charge >= 0.3 is 137 Å². The smallest absolute Gasteiger partial charge is 0.579 e. The van der Waals surface area contributed by atoms with Crippen LogP contribution in [0.5, 0.6) is 0 Å². The van der Waals surface area contributed by atoms with Gasteiger partial charge < -0.3 is 165 Å². The molecule has 13 saturated carbocycles. The molecule has 0 spiro atoms. The van der Waals surface area contributed by atoms with Gasteiger partial charge in [-0.25, -0.2) is 0 Å².